The van der Waals surface area contributed by atoms with Crippen LogP contribution in [0.15, 0.2) is 36.8 Å². The van der Waals surface area contributed by atoms with Gasteiger partial charge in [-0.1, -0.05) is 12.1 Å². The fourth-order valence-electron chi connectivity index (χ4n) is 2.05. The van der Waals surface area contributed by atoms with Crippen LogP contribution >= 0.6 is 0 Å². The highest BCUT2D eigenvalue weighted by Gasteiger charge is 2.08. The highest BCUT2D eigenvalue weighted by atomic mass is 15.1. The normalized spacial score (nSPS) is 12.0. The molecule has 0 spiro atoms. The van der Waals surface area contributed by atoms with E-state index in [9.17, 15) is 0 Å². The van der Waals surface area contributed by atoms with Gasteiger partial charge in [-0.05, 0) is 6.07 Å². The molecule has 1 aromatic carbocycles. The lowest BCUT2D eigenvalue weighted by Gasteiger charge is -2.05. The first-order valence-corrected chi connectivity index (χ1v) is 4.73. The standard InChI is InChI=1S/C11H6N4/c1-2-8-6-14-11-12-4-3-9-13-5-7(1)10(8)15(9)11/h1-6H. The highest BCUT2D eigenvalue weighted by Crippen LogP contribution is 2.23. The first-order chi connectivity index (χ1) is 7.43. The summed E-state index contributed by atoms with van der Waals surface area (Å²) >= 11 is 0. The van der Waals surface area contributed by atoms with Crippen molar-refractivity contribution in [2.75, 3.05) is 0 Å². The summed E-state index contributed by atoms with van der Waals surface area (Å²) in [5.74, 6) is 0.698. The number of hydrogen-bond acceptors (Lipinski definition) is 3. The molecule has 0 atom stereocenters. The SMILES string of the molecule is c1cc2ncc3ccc4cnc(n1)n2c34. The van der Waals surface area contributed by atoms with E-state index in [4.69, 9.17) is 0 Å². The first-order valence-electron chi connectivity index (χ1n) is 4.73. The van der Waals surface area contributed by atoms with Crippen molar-refractivity contribution in [3.63, 3.8) is 0 Å². The monoisotopic (exact) mass is 194 g/mol. The number of hydrogen-bond donors (Lipinski definition) is 0. The van der Waals surface area contributed by atoms with Gasteiger partial charge in [-0.3, -0.25) is 4.40 Å². The molecule has 0 aliphatic carbocycles. The molecule has 4 aromatic rings. The van der Waals surface area contributed by atoms with Crippen molar-refractivity contribution in [2.45, 2.75) is 0 Å². The van der Waals surface area contributed by atoms with Crippen molar-refractivity contribution in [2.24, 2.45) is 0 Å². The molecule has 0 aliphatic rings. The van der Waals surface area contributed by atoms with Gasteiger partial charge >= 0.3 is 0 Å². The van der Waals surface area contributed by atoms with Crippen LogP contribution in [0.3, 0.4) is 0 Å². The third kappa shape index (κ3) is 0.747. The van der Waals surface area contributed by atoms with Gasteiger partial charge in [0.25, 0.3) is 0 Å². The summed E-state index contributed by atoms with van der Waals surface area (Å²) in [7, 11) is 0. The van der Waals surface area contributed by atoms with E-state index in [1.165, 1.54) is 0 Å². The molecule has 70 valence electrons. The molecule has 0 aliphatic heterocycles. The van der Waals surface area contributed by atoms with Crippen LogP contribution < -0.4 is 0 Å². The van der Waals surface area contributed by atoms with Crippen molar-refractivity contribution >= 4 is 27.7 Å². The predicted molar refractivity (Wildman–Crippen MR) is 57.0 cm³/mol. The lowest BCUT2D eigenvalue weighted by Crippen LogP contribution is -1.99. The van der Waals surface area contributed by atoms with Crippen LogP contribution in [0.2, 0.25) is 0 Å². The molecule has 0 saturated heterocycles. The Morgan fingerprint density at radius 3 is 2.53 bits per heavy atom. The quantitative estimate of drug-likeness (QED) is 0.429. The van der Waals surface area contributed by atoms with Gasteiger partial charge in [-0.2, -0.15) is 0 Å². The molecular formula is C11H6N4. The molecule has 4 nitrogen and oxygen atoms in total. The summed E-state index contributed by atoms with van der Waals surface area (Å²) in [4.78, 5) is 12.9. The van der Waals surface area contributed by atoms with Crippen LogP contribution in [0.5, 0.6) is 0 Å². The molecule has 3 heterocycles. The van der Waals surface area contributed by atoms with E-state index in [-0.39, 0.29) is 0 Å². The molecule has 0 unspecified atom stereocenters. The van der Waals surface area contributed by atoms with Gasteiger partial charge in [0.1, 0.15) is 5.65 Å². The van der Waals surface area contributed by atoms with E-state index in [0.29, 0.717) is 5.78 Å². The minimum Gasteiger partial charge on any atom is -0.261 e. The van der Waals surface area contributed by atoms with E-state index in [2.05, 4.69) is 27.1 Å². The second-order valence-electron chi connectivity index (χ2n) is 3.55. The topological polar surface area (TPSA) is 43.1 Å². The maximum Gasteiger partial charge on any atom is 0.235 e. The Labute approximate surface area is 84.6 Å². The van der Waals surface area contributed by atoms with Crippen molar-refractivity contribution in [3.05, 3.63) is 36.8 Å². The fraction of sp³-hybridized carbons (Fsp3) is 0. The third-order valence-corrected chi connectivity index (χ3v) is 2.71. The van der Waals surface area contributed by atoms with Gasteiger partial charge < -0.3 is 0 Å². The Balaban J connectivity index is 2.54. The summed E-state index contributed by atoms with van der Waals surface area (Å²) in [5, 5.41) is 2.26. The zero-order valence-corrected chi connectivity index (χ0v) is 7.75. The predicted octanol–water partition coefficient (Wildman–Crippen LogP) is 1.87. The molecule has 0 amide bonds. The van der Waals surface area contributed by atoms with Crippen LogP contribution in [0.4, 0.5) is 0 Å². The molecular weight excluding hydrogens is 188 g/mol. The summed E-state index contributed by atoms with van der Waals surface area (Å²) in [5.41, 5.74) is 2.04. The first kappa shape index (κ1) is 7.11. The molecule has 0 radical (unpaired) electrons. The van der Waals surface area contributed by atoms with Crippen molar-refractivity contribution in [3.8, 4) is 0 Å². The minimum atomic E-state index is 0.698. The van der Waals surface area contributed by atoms with Gasteiger partial charge in [0, 0.05) is 29.4 Å². The Bertz CT molecular complexity index is 711. The van der Waals surface area contributed by atoms with Gasteiger partial charge in [-0.25, -0.2) is 15.0 Å². The molecule has 4 rings (SSSR count). The minimum absolute atomic E-state index is 0.698. The summed E-state index contributed by atoms with van der Waals surface area (Å²) < 4.78 is 1.99. The molecule has 0 fully saturated rings. The van der Waals surface area contributed by atoms with E-state index < -0.39 is 0 Å². The molecule has 15 heavy (non-hydrogen) atoms. The van der Waals surface area contributed by atoms with E-state index in [0.717, 1.165) is 21.9 Å². The Morgan fingerprint density at radius 2 is 1.67 bits per heavy atom. The van der Waals surface area contributed by atoms with E-state index in [1.54, 1.807) is 6.20 Å². The average Bonchev–Trinajstić information content (AvgIpc) is 2.71. The van der Waals surface area contributed by atoms with Gasteiger partial charge in [-0.15, -0.1) is 0 Å². The smallest absolute Gasteiger partial charge is 0.235 e. The van der Waals surface area contributed by atoms with Crippen LogP contribution in [0, 0.1) is 0 Å². The van der Waals surface area contributed by atoms with Crippen LogP contribution in [-0.2, 0) is 0 Å². The fourth-order valence-corrected chi connectivity index (χ4v) is 2.05. The molecule has 0 bridgehead atoms. The molecule has 0 N–H and O–H groups in total. The van der Waals surface area contributed by atoms with Gasteiger partial charge in [0.2, 0.25) is 5.78 Å². The second kappa shape index (κ2) is 2.23. The second-order valence-corrected chi connectivity index (χ2v) is 3.55. The maximum absolute atomic E-state index is 4.37. The van der Waals surface area contributed by atoms with Crippen LogP contribution in [0.1, 0.15) is 0 Å². The van der Waals surface area contributed by atoms with Crippen molar-refractivity contribution < 1.29 is 0 Å². The Morgan fingerprint density at radius 1 is 0.867 bits per heavy atom. The zero-order chi connectivity index (χ0) is 9.83. The molecule has 3 aromatic heterocycles. The molecule has 4 heteroatoms. The van der Waals surface area contributed by atoms with Crippen molar-refractivity contribution in [1.82, 2.24) is 19.4 Å². The maximum atomic E-state index is 4.37. The Kier molecular flexibility index (Phi) is 1.06. The third-order valence-electron chi connectivity index (χ3n) is 2.71. The number of nitrogens with zero attached hydrogens (tertiary/aromatic N) is 4. The van der Waals surface area contributed by atoms with E-state index >= 15 is 0 Å². The summed E-state index contributed by atoms with van der Waals surface area (Å²) in [6, 6.07) is 6.00. The van der Waals surface area contributed by atoms with Crippen LogP contribution in [-0.4, -0.2) is 19.4 Å². The largest absolute Gasteiger partial charge is 0.261 e. The van der Waals surface area contributed by atoms with E-state index in [1.807, 2.05) is 22.9 Å². The van der Waals surface area contributed by atoms with Crippen LogP contribution in [0.25, 0.3) is 27.7 Å². The average molecular weight is 194 g/mol. The number of rotatable bonds is 0. The van der Waals surface area contributed by atoms with Gasteiger partial charge in [0.05, 0.1) is 5.52 Å². The number of aromatic nitrogens is 4. The van der Waals surface area contributed by atoms with Crippen molar-refractivity contribution in [1.29, 1.82) is 0 Å². The Hall–Kier alpha value is -2.23. The van der Waals surface area contributed by atoms with Gasteiger partial charge in [0.15, 0.2) is 0 Å². The lowest BCUT2D eigenvalue weighted by molar-refractivity contribution is 1.09. The summed E-state index contributed by atoms with van der Waals surface area (Å²) in [6.45, 7) is 0. The highest BCUT2D eigenvalue weighted by molar-refractivity contribution is 5.99. The zero-order valence-electron chi connectivity index (χ0n) is 7.75. The lowest BCUT2D eigenvalue weighted by atomic mass is 10.3. The summed E-state index contributed by atoms with van der Waals surface area (Å²) in [6.07, 6.45) is 5.47. The molecule has 0 saturated carbocycles.